The van der Waals surface area contributed by atoms with Crippen LogP contribution in [-0.2, 0) is 16.0 Å². The van der Waals surface area contributed by atoms with Crippen molar-refractivity contribution in [2.45, 2.75) is 19.8 Å². The summed E-state index contributed by atoms with van der Waals surface area (Å²) in [6, 6.07) is 14.2. The molecule has 2 aromatic carbocycles. The van der Waals surface area contributed by atoms with Gasteiger partial charge in [-0.05, 0) is 48.5 Å². The molecule has 8 heteroatoms. The average Bonchev–Trinajstić information content (AvgIpc) is 3.36. The summed E-state index contributed by atoms with van der Waals surface area (Å²) >= 11 is 5.90. The van der Waals surface area contributed by atoms with Crippen LogP contribution >= 0.6 is 11.6 Å². The van der Waals surface area contributed by atoms with Gasteiger partial charge in [-0.3, -0.25) is 9.59 Å². The number of hydrogen-bond donors (Lipinski definition) is 1. The predicted octanol–water partition coefficient (Wildman–Crippen LogP) is 3.94. The second kappa shape index (κ2) is 8.05. The summed E-state index contributed by atoms with van der Waals surface area (Å²) in [5.41, 5.74) is 2.16. The van der Waals surface area contributed by atoms with E-state index in [0.29, 0.717) is 35.5 Å². The molecule has 1 aliphatic heterocycles. The molecule has 0 aliphatic carbocycles. The van der Waals surface area contributed by atoms with E-state index in [1.807, 2.05) is 19.1 Å². The van der Waals surface area contributed by atoms with Gasteiger partial charge in [-0.25, -0.2) is 0 Å². The fraction of sp³-hybridized carbons (Fsp3) is 0.238. The average molecular weight is 411 g/mol. The molecule has 1 saturated heterocycles. The fourth-order valence-corrected chi connectivity index (χ4v) is 3.33. The van der Waals surface area contributed by atoms with Crippen LogP contribution in [0.15, 0.2) is 52.9 Å². The summed E-state index contributed by atoms with van der Waals surface area (Å²) in [4.78, 5) is 26.6. The van der Waals surface area contributed by atoms with E-state index >= 15 is 0 Å². The molecule has 0 saturated carbocycles. The predicted molar refractivity (Wildman–Crippen MR) is 110 cm³/mol. The van der Waals surface area contributed by atoms with Crippen molar-refractivity contribution in [3.05, 3.63) is 59.4 Å². The zero-order chi connectivity index (χ0) is 20.4. The molecule has 7 nitrogen and oxygen atoms in total. The largest absolute Gasteiger partial charge is 0.421 e. The fourth-order valence-electron chi connectivity index (χ4n) is 3.21. The SMILES string of the molecule is CCc1nnc(-c2ccc(NC(=O)C3CC(=O)N(c4ccc(Cl)cc4)C3)cc2)o1. The topological polar surface area (TPSA) is 88.3 Å². The van der Waals surface area contributed by atoms with Crippen LogP contribution in [0.25, 0.3) is 11.5 Å². The second-order valence-electron chi connectivity index (χ2n) is 6.80. The van der Waals surface area contributed by atoms with Gasteiger partial charge in [-0.1, -0.05) is 18.5 Å². The van der Waals surface area contributed by atoms with E-state index < -0.39 is 5.92 Å². The van der Waals surface area contributed by atoms with Crippen LogP contribution < -0.4 is 10.2 Å². The molecule has 1 aliphatic rings. The van der Waals surface area contributed by atoms with Crippen molar-refractivity contribution in [3.63, 3.8) is 0 Å². The Hall–Kier alpha value is -3.19. The van der Waals surface area contributed by atoms with Crippen LogP contribution in [0.1, 0.15) is 19.2 Å². The lowest BCUT2D eigenvalue weighted by Crippen LogP contribution is -2.28. The van der Waals surface area contributed by atoms with Gasteiger partial charge in [0.05, 0.1) is 5.92 Å². The number of hydrogen-bond acceptors (Lipinski definition) is 5. The smallest absolute Gasteiger partial charge is 0.247 e. The van der Waals surface area contributed by atoms with Crippen molar-refractivity contribution >= 4 is 34.8 Å². The van der Waals surface area contributed by atoms with E-state index in [4.69, 9.17) is 16.0 Å². The maximum atomic E-state index is 12.6. The molecule has 0 bridgehead atoms. The molecular formula is C21H19ClN4O3. The van der Waals surface area contributed by atoms with Crippen LogP contribution in [-0.4, -0.2) is 28.6 Å². The third-order valence-electron chi connectivity index (χ3n) is 4.80. The molecule has 0 radical (unpaired) electrons. The van der Waals surface area contributed by atoms with Crippen LogP contribution in [0.3, 0.4) is 0 Å². The van der Waals surface area contributed by atoms with Gasteiger partial charge in [-0.15, -0.1) is 10.2 Å². The highest BCUT2D eigenvalue weighted by atomic mass is 35.5. The number of nitrogens with one attached hydrogen (secondary N) is 1. The van der Waals surface area contributed by atoms with Gasteiger partial charge in [-0.2, -0.15) is 0 Å². The first-order valence-electron chi connectivity index (χ1n) is 9.33. The Morgan fingerprint density at radius 1 is 1.17 bits per heavy atom. The highest BCUT2D eigenvalue weighted by molar-refractivity contribution is 6.30. The van der Waals surface area contributed by atoms with E-state index in [1.165, 1.54) is 0 Å². The van der Waals surface area contributed by atoms with Gasteiger partial charge < -0.3 is 14.6 Å². The van der Waals surface area contributed by atoms with Gasteiger partial charge in [0.2, 0.25) is 23.6 Å². The normalized spacial score (nSPS) is 16.3. The van der Waals surface area contributed by atoms with Crippen molar-refractivity contribution in [2.75, 3.05) is 16.8 Å². The van der Waals surface area contributed by atoms with Crippen molar-refractivity contribution in [3.8, 4) is 11.5 Å². The maximum Gasteiger partial charge on any atom is 0.247 e. The minimum atomic E-state index is -0.416. The molecule has 0 spiro atoms. The zero-order valence-electron chi connectivity index (χ0n) is 15.8. The molecule has 4 rings (SSSR count). The monoisotopic (exact) mass is 410 g/mol. The molecule has 3 aromatic rings. The summed E-state index contributed by atoms with van der Waals surface area (Å²) in [5.74, 6) is 0.341. The highest BCUT2D eigenvalue weighted by Crippen LogP contribution is 2.27. The quantitative estimate of drug-likeness (QED) is 0.688. The Bertz CT molecular complexity index is 1030. The van der Waals surface area contributed by atoms with E-state index in [-0.39, 0.29) is 18.2 Å². The van der Waals surface area contributed by atoms with E-state index in [0.717, 1.165) is 11.3 Å². The summed E-state index contributed by atoms with van der Waals surface area (Å²) in [5, 5.41) is 11.4. The number of aromatic nitrogens is 2. The summed E-state index contributed by atoms with van der Waals surface area (Å²) in [6.45, 7) is 2.28. The number of carbonyl (C=O) groups is 2. The lowest BCUT2D eigenvalue weighted by molar-refractivity contribution is -0.122. The van der Waals surface area contributed by atoms with E-state index in [1.54, 1.807) is 41.3 Å². The van der Waals surface area contributed by atoms with Crippen molar-refractivity contribution in [2.24, 2.45) is 5.92 Å². The first-order chi connectivity index (χ1) is 14.0. The molecule has 1 unspecified atom stereocenters. The Morgan fingerprint density at radius 2 is 1.90 bits per heavy atom. The Morgan fingerprint density at radius 3 is 2.55 bits per heavy atom. The van der Waals surface area contributed by atoms with Crippen LogP contribution in [0.2, 0.25) is 5.02 Å². The highest BCUT2D eigenvalue weighted by Gasteiger charge is 2.35. The number of amides is 2. The molecule has 2 amide bonds. The lowest BCUT2D eigenvalue weighted by Gasteiger charge is -2.16. The Labute approximate surface area is 172 Å². The van der Waals surface area contributed by atoms with Crippen molar-refractivity contribution < 1.29 is 14.0 Å². The molecule has 1 fully saturated rings. The summed E-state index contributed by atoms with van der Waals surface area (Å²) < 4.78 is 5.53. The first-order valence-corrected chi connectivity index (χ1v) is 9.71. The summed E-state index contributed by atoms with van der Waals surface area (Å²) in [7, 11) is 0. The first kappa shape index (κ1) is 19.1. The van der Waals surface area contributed by atoms with Crippen LogP contribution in [0.4, 0.5) is 11.4 Å². The van der Waals surface area contributed by atoms with Gasteiger partial charge in [0.1, 0.15) is 0 Å². The number of halogens is 1. The van der Waals surface area contributed by atoms with E-state index in [9.17, 15) is 9.59 Å². The van der Waals surface area contributed by atoms with Crippen molar-refractivity contribution in [1.82, 2.24) is 10.2 Å². The van der Waals surface area contributed by atoms with Gasteiger partial charge >= 0.3 is 0 Å². The zero-order valence-corrected chi connectivity index (χ0v) is 16.5. The molecule has 148 valence electrons. The molecule has 1 atom stereocenters. The Balaban J connectivity index is 1.40. The van der Waals surface area contributed by atoms with Gasteiger partial charge in [0.15, 0.2) is 0 Å². The number of nitrogens with zero attached hydrogens (tertiary/aromatic N) is 3. The van der Waals surface area contributed by atoms with E-state index in [2.05, 4.69) is 15.5 Å². The maximum absolute atomic E-state index is 12.6. The third kappa shape index (κ3) is 4.14. The number of benzene rings is 2. The van der Waals surface area contributed by atoms with Crippen molar-refractivity contribution in [1.29, 1.82) is 0 Å². The summed E-state index contributed by atoms with van der Waals surface area (Å²) in [6.07, 6.45) is 0.850. The van der Waals surface area contributed by atoms with Crippen LogP contribution in [0, 0.1) is 5.92 Å². The minimum absolute atomic E-state index is 0.0778. The molecule has 2 heterocycles. The number of carbonyl (C=O) groups excluding carboxylic acids is 2. The number of aryl methyl sites for hydroxylation is 1. The molecule has 1 N–H and O–H groups in total. The van der Waals surface area contributed by atoms with Gasteiger partial charge in [0.25, 0.3) is 0 Å². The molecule has 1 aromatic heterocycles. The molecule has 29 heavy (non-hydrogen) atoms. The Kier molecular flexibility index (Phi) is 5.31. The minimum Gasteiger partial charge on any atom is -0.421 e. The standard InChI is InChI=1S/C21H19ClN4O3/c1-2-18-24-25-21(29-18)13-3-7-16(8-4-13)23-20(28)14-11-19(27)26(12-14)17-9-5-15(22)6-10-17/h3-10,14H,2,11-12H2,1H3,(H,23,28). The third-order valence-corrected chi connectivity index (χ3v) is 5.05. The lowest BCUT2D eigenvalue weighted by atomic mass is 10.1. The second-order valence-corrected chi connectivity index (χ2v) is 7.24. The van der Waals surface area contributed by atoms with Gasteiger partial charge in [0, 0.05) is 41.3 Å². The number of rotatable bonds is 5. The van der Waals surface area contributed by atoms with Crippen LogP contribution in [0.5, 0.6) is 0 Å². The molecular weight excluding hydrogens is 392 g/mol. The number of anilines is 2.